The predicted octanol–water partition coefficient (Wildman–Crippen LogP) is 2.72. The summed E-state index contributed by atoms with van der Waals surface area (Å²) >= 11 is 6.05. The summed E-state index contributed by atoms with van der Waals surface area (Å²) in [6.07, 6.45) is 2.40. The van der Waals surface area contributed by atoms with Crippen LogP contribution in [-0.2, 0) is 14.4 Å². The number of methoxy groups -OCH3 is 1. The van der Waals surface area contributed by atoms with E-state index in [4.69, 9.17) is 16.3 Å². The van der Waals surface area contributed by atoms with E-state index >= 15 is 0 Å². The summed E-state index contributed by atoms with van der Waals surface area (Å²) in [4.78, 5) is 36.2. The van der Waals surface area contributed by atoms with Gasteiger partial charge in [-0.3, -0.25) is 14.4 Å². The zero-order valence-corrected chi connectivity index (χ0v) is 15.7. The molecule has 3 atom stereocenters. The standard InChI is InChI=1S/C19H23ClN2O4/c1-10-5-15(17(26-2)9-14(10)20)22-18(24)3-4-21-19(25)13-7-11-6-12(13)16(23)8-11/h5,9,11-13H,3-4,6-8H2,1-2H3,(H,21,25)(H,22,24)/t11-,12+,13-/m1/s1. The van der Waals surface area contributed by atoms with E-state index in [1.54, 1.807) is 12.1 Å². The van der Waals surface area contributed by atoms with E-state index in [9.17, 15) is 14.4 Å². The number of ether oxygens (including phenoxy) is 1. The van der Waals surface area contributed by atoms with E-state index < -0.39 is 0 Å². The van der Waals surface area contributed by atoms with Gasteiger partial charge in [-0.15, -0.1) is 0 Å². The molecule has 1 aromatic rings. The van der Waals surface area contributed by atoms with Crippen molar-refractivity contribution in [2.75, 3.05) is 19.0 Å². The molecule has 0 saturated heterocycles. The Hall–Kier alpha value is -2.08. The fourth-order valence-electron chi connectivity index (χ4n) is 3.96. The average molecular weight is 379 g/mol. The van der Waals surface area contributed by atoms with Gasteiger partial charge in [-0.1, -0.05) is 11.6 Å². The number of nitrogens with one attached hydrogen (secondary N) is 2. The summed E-state index contributed by atoms with van der Waals surface area (Å²) in [5, 5.41) is 6.13. The highest BCUT2D eigenvalue weighted by molar-refractivity contribution is 6.31. The van der Waals surface area contributed by atoms with Gasteiger partial charge in [0.15, 0.2) is 0 Å². The van der Waals surface area contributed by atoms with Crippen molar-refractivity contribution in [2.45, 2.75) is 32.6 Å². The molecule has 2 amide bonds. The number of halogens is 1. The number of hydrogen-bond acceptors (Lipinski definition) is 4. The van der Waals surface area contributed by atoms with Crippen molar-refractivity contribution in [2.24, 2.45) is 17.8 Å². The molecule has 1 aromatic carbocycles. The van der Waals surface area contributed by atoms with Crippen LogP contribution in [0.4, 0.5) is 5.69 Å². The molecule has 2 fully saturated rings. The molecule has 0 unspecified atom stereocenters. The number of ketones is 1. The van der Waals surface area contributed by atoms with Gasteiger partial charge in [0, 0.05) is 42.3 Å². The van der Waals surface area contributed by atoms with Gasteiger partial charge in [0.25, 0.3) is 0 Å². The van der Waals surface area contributed by atoms with Gasteiger partial charge in [-0.25, -0.2) is 0 Å². The first-order valence-electron chi connectivity index (χ1n) is 8.83. The highest BCUT2D eigenvalue weighted by Crippen LogP contribution is 2.46. The quantitative estimate of drug-likeness (QED) is 0.797. The summed E-state index contributed by atoms with van der Waals surface area (Å²) in [6, 6.07) is 3.40. The van der Waals surface area contributed by atoms with Gasteiger partial charge in [0.2, 0.25) is 11.8 Å². The second-order valence-corrected chi connectivity index (χ2v) is 7.52. The number of rotatable bonds is 6. The molecule has 2 aliphatic carbocycles. The number of benzene rings is 1. The number of Topliss-reactive ketones (excluding diaryl/α,β-unsaturated/α-hetero) is 1. The normalized spacial score (nSPS) is 23.8. The first-order valence-corrected chi connectivity index (χ1v) is 9.21. The lowest BCUT2D eigenvalue weighted by atomic mass is 9.87. The van der Waals surface area contributed by atoms with Gasteiger partial charge in [0.1, 0.15) is 11.5 Å². The van der Waals surface area contributed by atoms with Crippen LogP contribution >= 0.6 is 11.6 Å². The third-order valence-corrected chi connectivity index (χ3v) is 5.71. The fraction of sp³-hybridized carbons (Fsp3) is 0.526. The first-order chi connectivity index (χ1) is 12.4. The summed E-state index contributed by atoms with van der Waals surface area (Å²) < 4.78 is 5.23. The average Bonchev–Trinajstić information content (AvgIpc) is 3.17. The summed E-state index contributed by atoms with van der Waals surface area (Å²) in [6.45, 7) is 2.08. The van der Waals surface area contributed by atoms with Crippen LogP contribution in [0, 0.1) is 24.7 Å². The third kappa shape index (κ3) is 3.85. The van der Waals surface area contributed by atoms with Crippen LogP contribution in [0.25, 0.3) is 0 Å². The third-order valence-electron chi connectivity index (χ3n) is 5.31. The summed E-state index contributed by atoms with van der Waals surface area (Å²) in [5.74, 6) is 0.390. The Morgan fingerprint density at radius 2 is 2.08 bits per heavy atom. The second kappa shape index (κ2) is 7.66. The van der Waals surface area contributed by atoms with E-state index in [-0.39, 0.29) is 42.4 Å². The molecular formula is C19H23ClN2O4. The number of carbonyl (C=O) groups is 3. The van der Waals surface area contributed by atoms with Gasteiger partial charge < -0.3 is 15.4 Å². The Bertz CT molecular complexity index is 749. The van der Waals surface area contributed by atoms with Crippen LogP contribution in [-0.4, -0.2) is 31.3 Å². The van der Waals surface area contributed by atoms with Crippen molar-refractivity contribution >= 4 is 34.9 Å². The topological polar surface area (TPSA) is 84.5 Å². The minimum atomic E-state index is -0.227. The molecule has 6 nitrogen and oxygen atoms in total. The smallest absolute Gasteiger partial charge is 0.226 e. The molecule has 0 aliphatic heterocycles. The lowest BCUT2D eigenvalue weighted by Crippen LogP contribution is -2.37. The van der Waals surface area contributed by atoms with Gasteiger partial charge in [0.05, 0.1) is 12.8 Å². The SMILES string of the molecule is COc1cc(Cl)c(C)cc1NC(=O)CCNC(=O)[C@@H]1C[C@@H]2CC(=O)[C@H]1C2. The molecule has 26 heavy (non-hydrogen) atoms. The van der Waals surface area contributed by atoms with Crippen molar-refractivity contribution in [3.63, 3.8) is 0 Å². The molecule has 0 spiro atoms. The van der Waals surface area contributed by atoms with Crippen molar-refractivity contribution in [3.8, 4) is 5.75 Å². The molecule has 0 aromatic heterocycles. The van der Waals surface area contributed by atoms with E-state index in [0.29, 0.717) is 28.8 Å². The maximum atomic E-state index is 12.3. The van der Waals surface area contributed by atoms with E-state index in [2.05, 4.69) is 10.6 Å². The maximum absolute atomic E-state index is 12.3. The van der Waals surface area contributed by atoms with Crippen LogP contribution in [0.3, 0.4) is 0 Å². The molecule has 2 saturated carbocycles. The Kier molecular flexibility index (Phi) is 5.51. The zero-order chi connectivity index (χ0) is 18.8. The largest absolute Gasteiger partial charge is 0.495 e. The lowest BCUT2D eigenvalue weighted by molar-refractivity contribution is -0.133. The van der Waals surface area contributed by atoms with E-state index in [1.807, 2.05) is 6.92 Å². The summed E-state index contributed by atoms with van der Waals surface area (Å²) in [7, 11) is 1.51. The van der Waals surface area contributed by atoms with E-state index in [0.717, 1.165) is 18.4 Å². The number of amides is 2. The Morgan fingerprint density at radius 3 is 2.73 bits per heavy atom. The number of aryl methyl sites for hydroxylation is 1. The second-order valence-electron chi connectivity index (χ2n) is 7.11. The van der Waals surface area contributed by atoms with Crippen molar-refractivity contribution in [3.05, 3.63) is 22.7 Å². The maximum Gasteiger partial charge on any atom is 0.226 e. The van der Waals surface area contributed by atoms with Crippen LogP contribution in [0.5, 0.6) is 5.75 Å². The van der Waals surface area contributed by atoms with E-state index in [1.165, 1.54) is 7.11 Å². The van der Waals surface area contributed by atoms with Crippen LogP contribution in [0.1, 0.15) is 31.2 Å². The number of anilines is 1. The monoisotopic (exact) mass is 378 g/mol. The molecule has 2 N–H and O–H groups in total. The Morgan fingerprint density at radius 1 is 1.31 bits per heavy atom. The molecule has 140 valence electrons. The molecule has 0 radical (unpaired) electrons. The van der Waals surface area contributed by atoms with Crippen molar-refractivity contribution in [1.29, 1.82) is 0 Å². The molecule has 2 aliphatic rings. The minimum Gasteiger partial charge on any atom is -0.495 e. The van der Waals surface area contributed by atoms with Gasteiger partial charge in [-0.2, -0.15) is 0 Å². The molecular weight excluding hydrogens is 356 g/mol. The predicted molar refractivity (Wildman–Crippen MR) is 98.3 cm³/mol. The zero-order valence-electron chi connectivity index (χ0n) is 14.9. The van der Waals surface area contributed by atoms with Crippen molar-refractivity contribution < 1.29 is 19.1 Å². The van der Waals surface area contributed by atoms with Crippen LogP contribution in [0.15, 0.2) is 12.1 Å². The van der Waals surface area contributed by atoms with Crippen molar-refractivity contribution in [1.82, 2.24) is 5.32 Å². The highest BCUT2D eigenvalue weighted by Gasteiger charge is 2.48. The molecule has 0 heterocycles. The lowest BCUT2D eigenvalue weighted by Gasteiger charge is -2.20. The van der Waals surface area contributed by atoms with Crippen LogP contribution in [0.2, 0.25) is 5.02 Å². The summed E-state index contributed by atoms with van der Waals surface area (Å²) in [5.41, 5.74) is 1.38. The van der Waals surface area contributed by atoms with Gasteiger partial charge in [-0.05, 0) is 37.3 Å². The first kappa shape index (κ1) is 18.7. The Balaban J connectivity index is 1.48. The molecule has 7 heteroatoms. The molecule has 3 rings (SSSR count). The van der Waals surface area contributed by atoms with Gasteiger partial charge >= 0.3 is 0 Å². The fourth-order valence-corrected chi connectivity index (χ4v) is 4.12. The minimum absolute atomic E-state index is 0.113. The number of fused-ring (bicyclic) bond motifs is 2. The van der Waals surface area contributed by atoms with Crippen LogP contribution < -0.4 is 15.4 Å². The highest BCUT2D eigenvalue weighted by atomic mass is 35.5. The number of hydrogen-bond donors (Lipinski definition) is 2. The Labute approximate surface area is 157 Å². The number of carbonyl (C=O) groups excluding carboxylic acids is 3. The molecule has 2 bridgehead atoms.